The molecule has 1 heterocycles. The molecule has 5 atom stereocenters. The molecule has 3 aliphatic rings. The van der Waals surface area contributed by atoms with Crippen LogP contribution in [0.3, 0.4) is 0 Å². The molecule has 3 N–H and O–H groups in total. The van der Waals surface area contributed by atoms with E-state index in [4.69, 9.17) is 19.3 Å². The maximum atomic E-state index is 13.2. The zero-order valence-corrected chi connectivity index (χ0v) is 24.3. The summed E-state index contributed by atoms with van der Waals surface area (Å²) in [5.41, 5.74) is 0.794. The summed E-state index contributed by atoms with van der Waals surface area (Å²) < 4.78 is 18.1. The van der Waals surface area contributed by atoms with E-state index in [0.717, 1.165) is 5.56 Å². The van der Waals surface area contributed by atoms with Crippen molar-refractivity contribution in [2.75, 3.05) is 26.8 Å². The molecule has 10 heteroatoms. The predicted molar refractivity (Wildman–Crippen MR) is 150 cm³/mol. The van der Waals surface area contributed by atoms with E-state index in [0.29, 0.717) is 29.9 Å². The number of carbonyl (C=O) groups is 4. The number of esters is 1. The summed E-state index contributed by atoms with van der Waals surface area (Å²) in [5, 5.41) is 13.9. The molecule has 10 nitrogen and oxygen atoms in total. The van der Waals surface area contributed by atoms with Gasteiger partial charge in [0.05, 0.1) is 24.5 Å². The Labute approximate surface area is 240 Å². The lowest BCUT2D eigenvalue weighted by Gasteiger charge is -2.53. The van der Waals surface area contributed by atoms with Crippen LogP contribution in [0.15, 0.2) is 42.0 Å². The Morgan fingerprint density at radius 3 is 2.59 bits per heavy atom. The fourth-order valence-corrected chi connectivity index (χ4v) is 5.89. The second-order valence-corrected chi connectivity index (χ2v) is 12.0. The average molecular weight is 569 g/mol. The summed E-state index contributed by atoms with van der Waals surface area (Å²) in [7, 11) is 1.57. The second kappa shape index (κ2) is 12.2. The highest BCUT2D eigenvalue weighted by Crippen LogP contribution is 2.58. The van der Waals surface area contributed by atoms with Crippen LogP contribution in [-0.2, 0) is 23.9 Å². The maximum Gasteiger partial charge on any atom is 0.316 e. The maximum absolute atomic E-state index is 13.2. The van der Waals surface area contributed by atoms with Gasteiger partial charge in [0.1, 0.15) is 11.5 Å². The van der Waals surface area contributed by atoms with Gasteiger partial charge in [0.25, 0.3) is 0 Å². The number of hydrogen-bond donors (Lipinski definition) is 3. The fourth-order valence-electron chi connectivity index (χ4n) is 5.89. The number of rotatable bonds is 10. The summed E-state index contributed by atoms with van der Waals surface area (Å²) in [5.74, 6) is -1.71. The van der Waals surface area contributed by atoms with E-state index in [1.807, 2.05) is 12.1 Å². The number of amides is 2. The van der Waals surface area contributed by atoms with Crippen molar-refractivity contribution in [3.05, 3.63) is 47.6 Å². The molecule has 2 amide bonds. The van der Waals surface area contributed by atoms with Crippen LogP contribution in [0.5, 0.6) is 11.5 Å². The minimum Gasteiger partial charge on any atom is -0.458 e. The molecule has 0 unspecified atom stereocenters. The highest BCUT2D eigenvalue weighted by Gasteiger charge is 2.57. The first-order valence-electron chi connectivity index (χ1n) is 14.1. The Balaban J connectivity index is 1.56. The quantitative estimate of drug-likeness (QED) is 0.289. The number of methoxy groups -OCH3 is 1. The highest BCUT2D eigenvalue weighted by atomic mass is 16.7. The Kier molecular flexibility index (Phi) is 9.03. The molecule has 0 radical (unpaired) electrons. The van der Waals surface area contributed by atoms with Crippen LogP contribution in [0.2, 0.25) is 0 Å². The van der Waals surface area contributed by atoms with Crippen molar-refractivity contribution in [2.45, 2.75) is 58.7 Å². The van der Waals surface area contributed by atoms with Gasteiger partial charge in [-0.15, -0.1) is 0 Å². The monoisotopic (exact) mass is 568 g/mol. The van der Waals surface area contributed by atoms with E-state index in [1.54, 1.807) is 46.1 Å². The van der Waals surface area contributed by atoms with Gasteiger partial charge in [-0.25, -0.2) is 0 Å². The van der Waals surface area contributed by atoms with Crippen LogP contribution in [0.25, 0.3) is 0 Å². The summed E-state index contributed by atoms with van der Waals surface area (Å²) in [4.78, 5) is 49.8. The van der Waals surface area contributed by atoms with E-state index in [1.165, 1.54) is 6.08 Å². The van der Waals surface area contributed by atoms with Crippen molar-refractivity contribution in [3.63, 3.8) is 0 Å². The first kappa shape index (κ1) is 30.5. The standard InChI is InChI=1S/C31H40N2O8/c1-18-19(7-6-8-25(36)33-17-26(37)32-13-14-34)15-21-23(35)11-12-31(39-5)28(21)27(18)22-16-20(9-10-24(22)41-31)40-29(38)30(2,3)4/h9-12,15-16,18-19,27-28,34H,6-8,13-14,17H2,1-5H3,(H,32,37)(H,33,36)/t18-,19+,27-,28-,31-/m1/s1. The number of aliphatic hydroxyl groups excluding tert-OH is 1. The van der Waals surface area contributed by atoms with Crippen molar-refractivity contribution >= 4 is 23.6 Å². The molecule has 0 fully saturated rings. The van der Waals surface area contributed by atoms with Crippen LogP contribution in [-0.4, -0.2) is 61.3 Å². The molecule has 0 saturated carbocycles. The molecular weight excluding hydrogens is 528 g/mol. The van der Waals surface area contributed by atoms with Gasteiger partial charge in [0.15, 0.2) is 5.78 Å². The first-order chi connectivity index (χ1) is 19.4. The van der Waals surface area contributed by atoms with Crippen molar-refractivity contribution in [2.24, 2.45) is 23.2 Å². The molecule has 0 bridgehead atoms. The average Bonchev–Trinajstić information content (AvgIpc) is 2.93. The van der Waals surface area contributed by atoms with Crippen LogP contribution < -0.4 is 20.1 Å². The molecule has 1 aliphatic heterocycles. The number of hydrogen-bond acceptors (Lipinski definition) is 8. The molecule has 2 aliphatic carbocycles. The zero-order valence-electron chi connectivity index (χ0n) is 24.3. The van der Waals surface area contributed by atoms with Crippen LogP contribution in [0.4, 0.5) is 0 Å². The Hall–Kier alpha value is -3.50. The minimum atomic E-state index is -1.14. The van der Waals surface area contributed by atoms with Gasteiger partial charge < -0.3 is 30.0 Å². The van der Waals surface area contributed by atoms with Gasteiger partial charge in [0.2, 0.25) is 17.6 Å². The minimum absolute atomic E-state index is 0.0105. The lowest BCUT2D eigenvalue weighted by atomic mass is 9.58. The van der Waals surface area contributed by atoms with Gasteiger partial charge >= 0.3 is 5.97 Å². The smallest absolute Gasteiger partial charge is 0.316 e. The number of ketones is 1. The SMILES string of the molecule is CO[C@]12C=CC(=O)C3=C[C@H](CCCC(=O)NCC(=O)NCCO)[C@@H](C)[C@H](c4cc(OC(=O)C(C)(C)C)ccc4O1)[C@@H]32. The number of benzene rings is 1. The Morgan fingerprint density at radius 1 is 1.15 bits per heavy atom. The fraction of sp³-hybridized carbons (Fsp3) is 0.548. The molecule has 4 rings (SSSR count). The molecule has 222 valence electrons. The van der Waals surface area contributed by atoms with Gasteiger partial charge in [-0.1, -0.05) is 13.0 Å². The van der Waals surface area contributed by atoms with Crippen molar-refractivity contribution in [1.29, 1.82) is 0 Å². The molecule has 0 aromatic heterocycles. The Bertz CT molecular complexity index is 1260. The van der Waals surface area contributed by atoms with Gasteiger partial charge in [0, 0.05) is 37.1 Å². The lowest BCUT2D eigenvalue weighted by molar-refractivity contribution is -0.179. The van der Waals surface area contributed by atoms with Crippen molar-refractivity contribution < 1.29 is 38.5 Å². The van der Waals surface area contributed by atoms with E-state index in [-0.39, 0.29) is 67.4 Å². The molecule has 41 heavy (non-hydrogen) atoms. The molecule has 0 spiro atoms. The molecular formula is C31H40N2O8. The van der Waals surface area contributed by atoms with Crippen molar-refractivity contribution in [3.8, 4) is 11.5 Å². The number of aliphatic hydroxyl groups is 1. The largest absolute Gasteiger partial charge is 0.458 e. The van der Waals surface area contributed by atoms with E-state index in [2.05, 4.69) is 17.6 Å². The Morgan fingerprint density at radius 2 is 1.90 bits per heavy atom. The molecule has 0 saturated heterocycles. The predicted octanol–water partition coefficient (Wildman–Crippen LogP) is 2.80. The van der Waals surface area contributed by atoms with E-state index < -0.39 is 17.1 Å². The summed E-state index contributed by atoms with van der Waals surface area (Å²) in [6.07, 6.45) is 6.64. The number of allylic oxidation sites excluding steroid dienone is 2. The van der Waals surface area contributed by atoms with Gasteiger partial charge in [-0.3, -0.25) is 19.2 Å². The zero-order chi connectivity index (χ0) is 29.9. The van der Waals surface area contributed by atoms with Crippen molar-refractivity contribution in [1.82, 2.24) is 10.6 Å². The van der Waals surface area contributed by atoms with Crippen LogP contribution in [0, 0.1) is 23.2 Å². The summed E-state index contributed by atoms with van der Waals surface area (Å²) >= 11 is 0. The van der Waals surface area contributed by atoms with Crippen LogP contribution in [0.1, 0.15) is 58.4 Å². The summed E-state index contributed by atoms with van der Waals surface area (Å²) in [6.45, 7) is 7.33. The third-order valence-corrected chi connectivity index (χ3v) is 8.09. The van der Waals surface area contributed by atoms with Gasteiger partial charge in [-0.2, -0.15) is 0 Å². The third-order valence-electron chi connectivity index (χ3n) is 8.09. The van der Waals surface area contributed by atoms with E-state index in [9.17, 15) is 19.2 Å². The summed E-state index contributed by atoms with van der Waals surface area (Å²) in [6, 6.07) is 5.31. The number of carbonyl (C=O) groups excluding carboxylic acids is 4. The topological polar surface area (TPSA) is 140 Å². The van der Waals surface area contributed by atoms with E-state index >= 15 is 0 Å². The number of ether oxygens (including phenoxy) is 3. The number of nitrogens with one attached hydrogen (secondary N) is 2. The van der Waals surface area contributed by atoms with Crippen LogP contribution >= 0.6 is 0 Å². The molecule has 1 aromatic carbocycles. The first-order valence-corrected chi connectivity index (χ1v) is 14.1. The third kappa shape index (κ3) is 6.38. The normalized spacial score (nSPS) is 26.2. The molecule has 1 aromatic rings. The van der Waals surface area contributed by atoms with Gasteiger partial charge in [-0.05, 0) is 75.8 Å². The lowest BCUT2D eigenvalue weighted by Crippen LogP contribution is -2.56. The highest BCUT2D eigenvalue weighted by molar-refractivity contribution is 6.06. The number of fused-ring (bicyclic) bond motifs is 2. The second-order valence-electron chi connectivity index (χ2n) is 12.0.